The van der Waals surface area contributed by atoms with Crippen LogP contribution < -0.4 is 15.4 Å². The molecule has 0 bridgehead atoms. The number of aryl methyl sites for hydroxylation is 1. The van der Waals surface area contributed by atoms with Gasteiger partial charge < -0.3 is 19.9 Å². The summed E-state index contributed by atoms with van der Waals surface area (Å²) in [6.07, 6.45) is -4.14. The Morgan fingerprint density at radius 2 is 2.07 bits per heavy atom. The number of aliphatic imine (C=N–C) groups is 1. The Bertz CT molecular complexity index is 767. The molecule has 0 fully saturated rings. The van der Waals surface area contributed by atoms with Gasteiger partial charge in [-0.2, -0.15) is 18.2 Å². The molecule has 1 aromatic heterocycles. The van der Waals surface area contributed by atoms with E-state index in [4.69, 9.17) is 9.26 Å². The van der Waals surface area contributed by atoms with Crippen LogP contribution in [0.25, 0.3) is 0 Å². The monoisotopic (exact) mass is 513 g/mol. The van der Waals surface area contributed by atoms with Crippen molar-refractivity contribution in [2.24, 2.45) is 4.99 Å². The first-order chi connectivity index (χ1) is 12.8. The first-order valence-corrected chi connectivity index (χ1v) is 8.39. The maximum atomic E-state index is 12.8. The highest BCUT2D eigenvalue weighted by Crippen LogP contribution is 2.31. The van der Waals surface area contributed by atoms with Crippen molar-refractivity contribution in [3.05, 3.63) is 41.5 Å². The largest absolute Gasteiger partial charge is 0.489 e. The van der Waals surface area contributed by atoms with Crippen LogP contribution in [0.2, 0.25) is 0 Å². The molecule has 0 spiro atoms. The molecule has 0 radical (unpaired) electrons. The van der Waals surface area contributed by atoms with E-state index in [9.17, 15) is 13.2 Å². The maximum Gasteiger partial charge on any atom is 0.416 e. The molecule has 28 heavy (non-hydrogen) atoms. The van der Waals surface area contributed by atoms with Crippen molar-refractivity contribution >= 4 is 29.9 Å². The number of alkyl halides is 3. The Morgan fingerprint density at radius 1 is 1.32 bits per heavy atom. The van der Waals surface area contributed by atoms with Crippen LogP contribution in [-0.2, 0) is 12.7 Å². The summed E-state index contributed by atoms with van der Waals surface area (Å²) < 4.78 is 49.0. The second-order valence-electron chi connectivity index (χ2n) is 5.71. The summed E-state index contributed by atoms with van der Waals surface area (Å²) >= 11 is 0. The van der Waals surface area contributed by atoms with Crippen molar-refractivity contribution in [2.75, 3.05) is 13.6 Å². The van der Waals surface area contributed by atoms with E-state index in [1.807, 2.05) is 6.92 Å². The average molecular weight is 513 g/mol. The van der Waals surface area contributed by atoms with Crippen molar-refractivity contribution in [1.29, 1.82) is 0 Å². The second-order valence-corrected chi connectivity index (χ2v) is 5.71. The lowest BCUT2D eigenvalue weighted by molar-refractivity contribution is -0.137. The van der Waals surface area contributed by atoms with Crippen LogP contribution in [-0.4, -0.2) is 35.8 Å². The number of nitrogens with zero attached hydrogens (tertiary/aromatic N) is 3. The van der Waals surface area contributed by atoms with Gasteiger partial charge in [-0.3, -0.25) is 4.99 Å². The summed E-state index contributed by atoms with van der Waals surface area (Å²) in [6, 6.07) is 4.83. The summed E-state index contributed by atoms with van der Waals surface area (Å²) in [5.41, 5.74) is -0.740. The fourth-order valence-electron chi connectivity index (χ4n) is 2.21. The summed E-state index contributed by atoms with van der Waals surface area (Å²) in [6.45, 7) is 4.26. The molecule has 0 saturated carbocycles. The number of hydrogen-bond acceptors (Lipinski definition) is 5. The number of aromatic nitrogens is 2. The molecule has 0 aliphatic rings. The normalized spacial score (nSPS) is 12.9. The van der Waals surface area contributed by atoms with Gasteiger partial charge >= 0.3 is 6.18 Å². The molecule has 2 rings (SSSR count). The lowest BCUT2D eigenvalue weighted by Crippen LogP contribution is -2.42. The first-order valence-electron chi connectivity index (χ1n) is 8.39. The molecule has 2 aromatic rings. The first kappa shape index (κ1) is 24.0. The van der Waals surface area contributed by atoms with E-state index in [0.717, 1.165) is 12.1 Å². The molecule has 0 aliphatic carbocycles. The minimum absolute atomic E-state index is 0. The summed E-state index contributed by atoms with van der Waals surface area (Å²) in [7, 11) is 1.60. The predicted octanol–water partition coefficient (Wildman–Crippen LogP) is 3.54. The van der Waals surface area contributed by atoms with E-state index >= 15 is 0 Å². The Kier molecular flexibility index (Phi) is 9.49. The summed E-state index contributed by atoms with van der Waals surface area (Å²) in [5.74, 6) is 1.62. The molecule has 1 heterocycles. The number of halogens is 4. The highest BCUT2D eigenvalue weighted by atomic mass is 127. The lowest BCUT2D eigenvalue weighted by Gasteiger charge is -2.20. The SMILES string of the molecule is CCC(CNC(=NC)NCc1noc(C)n1)Oc1cccc(C(F)(F)F)c1.I. The van der Waals surface area contributed by atoms with Crippen LogP contribution in [0.1, 0.15) is 30.6 Å². The number of rotatable bonds is 7. The fourth-order valence-corrected chi connectivity index (χ4v) is 2.21. The van der Waals surface area contributed by atoms with Gasteiger partial charge in [0.15, 0.2) is 11.8 Å². The van der Waals surface area contributed by atoms with Crippen molar-refractivity contribution < 1.29 is 22.4 Å². The predicted molar refractivity (Wildman–Crippen MR) is 109 cm³/mol. The highest BCUT2D eigenvalue weighted by molar-refractivity contribution is 14.0. The lowest BCUT2D eigenvalue weighted by atomic mass is 10.2. The van der Waals surface area contributed by atoms with Gasteiger partial charge in [0, 0.05) is 14.0 Å². The smallest absolute Gasteiger partial charge is 0.416 e. The molecule has 1 unspecified atom stereocenters. The van der Waals surface area contributed by atoms with Gasteiger partial charge in [-0.05, 0) is 24.6 Å². The fraction of sp³-hybridized carbons (Fsp3) is 0.471. The van der Waals surface area contributed by atoms with Crippen molar-refractivity contribution in [1.82, 2.24) is 20.8 Å². The maximum absolute atomic E-state index is 12.8. The van der Waals surface area contributed by atoms with E-state index in [1.165, 1.54) is 12.1 Å². The summed E-state index contributed by atoms with van der Waals surface area (Å²) in [4.78, 5) is 8.15. The topological polar surface area (TPSA) is 84.6 Å². The zero-order valence-electron chi connectivity index (χ0n) is 15.7. The average Bonchev–Trinajstić information content (AvgIpc) is 3.05. The third-order valence-electron chi connectivity index (χ3n) is 3.62. The molecule has 2 N–H and O–H groups in total. The number of ether oxygens (including phenoxy) is 1. The molecular formula is C17H23F3IN5O2. The van der Waals surface area contributed by atoms with Crippen LogP contribution in [0.15, 0.2) is 33.8 Å². The summed E-state index contributed by atoms with van der Waals surface area (Å²) in [5, 5.41) is 9.86. The van der Waals surface area contributed by atoms with Crippen LogP contribution in [0.4, 0.5) is 13.2 Å². The third-order valence-corrected chi connectivity index (χ3v) is 3.62. The molecule has 0 aliphatic heterocycles. The molecule has 11 heteroatoms. The van der Waals surface area contributed by atoms with Crippen molar-refractivity contribution in [2.45, 2.75) is 39.1 Å². The van der Waals surface area contributed by atoms with Crippen molar-refractivity contribution in [3.8, 4) is 5.75 Å². The molecule has 156 valence electrons. The van der Waals surface area contributed by atoms with Gasteiger partial charge in [0.25, 0.3) is 0 Å². The third kappa shape index (κ3) is 7.52. The van der Waals surface area contributed by atoms with Crippen LogP contribution >= 0.6 is 24.0 Å². The quantitative estimate of drug-likeness (QED) is 0.335. The molecule has 0 saturated heterocycles. The number of benzene rings is 1. The van der Waals surface area contributed by atoms with E-state index in [2.05, 4.69) is 25.8 Å². The Balaban J connectivity index is 0.00000392. The van der Waals surface area contributed by atoms with Gasteiger partial charge in [-0.15, -0.1) is 24.0 Å². The van der Waals surface area contributed by atoms with E-state index in [0.29, 0.717) is 37.2 Å². The minimum Gasteiger partial charge on any atom is -0.489 e. The number of hydrogen-bond donors (Lipinski definition) is 2. The van der Waals surface area contributed by atoms with Crippen molar-refractivity contribution in [3.63, 3.8) is 0 Å². The van der Waals surface area contributed by atoms with Crippen LogP contribution in [0, 0.1) is 6.92 Å². The van der Waals surface area contributed by atoms with E-state index in [-0.39, 0.29) is 35.8 Å². The zero-order valence-corrected chi connectivity index (χ0v) is 18.0. The minimum atomic E-state index is -4.40. The number of nitrogens with one attached hydrogen (secondary N) is 2. The van der Waals surface area contributed by atoms with E-state index in [1.54, 1.807) is 14.0 Å². The van der Waals surface area contributed by atoms with Gasteiger partial charge in [0.05, 0.1) is 18.7 Å². The molecule has 1 aromatic carbocycles. The van der Waals surface area contributed by atoms with Gasteiger partial charge in [-0.25, -0.2) is 0 Å². The molecule has 0 amide bonds. The Hall–Kier alpha value is -2.05. The zero-order chi connectivity index (χ0) is 19.9. The molecule has 1 atom stereocenters. The van der Waals surface area contributed by atoms with Gasteiger partial charge in [-0.1, -0.05) is 18.1 Å². The van der Waals surface area contributed by atoms with Gasteiger partial charge in [0.2, 0.25) is 5.89 Å². The molecule has 7 nitrogen and oxygen atoms in total. The standard InChI is InChI=1S/C17H22F3N5O2.HI/c1-4-13(26-14-7-5-6-12(8-14)17(18,19)20)9-22-16(21-3)23-10-15-24-11(2)27-25-15;/h5-8,13H,4,9-10H2,1-3H3,(H2,21,22,23);1H. The van der Waals surface area contributed by atoms with Crippen LogP contribution in [0.3, 0.4) is 0 Å². The van der Waals surface area contributed by atoms with E-state index < -0.39 is 11.7 Å². The van der Waals surface area contributed by atoms with Crippen LogP contribution in [0.5, 0.6) is 5.75 Å². The Labute approximate surface area is 178 Å². The van der Waals surface area contributed by atoms with Gasteiger partial charge in [0.1, 0.15) is 11.9 Å². The Morgan fingerprint density at radius 3 is 2.64 bits per heavy atom. The molecular weight excluding hydrogens is 490 g/mol. The number of guanidine groups is 1. The highest BCUT2D eigenvalue weighted by Gasteiger charge is 2.30. The second kappa shape index (κ2) is 11.1.